The molecular formula is C8H14F3NO. The van der Waals surface area contributed by atoms with Gasteiger partial charge in [0, 0.05) is 13.1 Å². The fraction of sp³-hybridized carbons (Fsp3) is 0.750. The smallest absolute Gasteiger partial charge is 0.395 e. The summed E-state index contributed by atoms with van der Waals surface area (Å²) in [6.45, 7) is 0.774. The lowest BCUT2D eigenvalue weighted by Gasteiger charge is -2.20. The van der Waals surface area contributed by atoms with Crippen molar-refractivity contribution in [2.45, 2.75) is 13.1 Å². The molecule has 0 amide bonds. The first-order valence-electron chi connectivity index (χ1n) is 4.00. The van der Waals surface area contributed by atoms with E-state index >= 15 is 0 Å². The molecule has 0 radical (unpaired) electrons. The van der Waals surface area contributed by atoms with Crippen molar-refractivity contribution >= 4 is 0 Å². The zero-order valence-electron chi connectivity index (χ0n) is 7.51. The maximum absolute atomic E-state index is 11.9. The van der Waals surface area contributed by atoms with Gasteiger partial charge in [-0.3, -0.25) is 4.90 Å². The average molecular weight is 197 g/mol. The van der Waals surface area contributed by atoms with Crippen LogP contribution in [0, 0.1) is 0 Å². The van der Waals surface area contributed by atoms with Crippen LogP contribution in [0.3, 0.4) is 0 Å². The number of aliphatic hydroxyl groups is 1. The van der Waals surface area contributed by atoms with Crippen molar-refractivity contribution in [3.05, 3.63) is 12.2 Å². The van der Waals surface area contributed by atoms with Crippen molar-refractivity contribution in [3.63, 3.8) is 0 Å². The van der Waals surface area contributed by atoms with Crippen molar-refractivity contribution in [1.82, 2.24) is 4.90 Å². The monoisotopic (exact) mass is 197 g/mol. The highest BCUT2D eigenvalue weighted by atomic mass is 19.4. The number of halogens is 3. The van der Waals surface area contributed by atoms with Crippen molar-refractivity contribution in [1.29, 1.82) is 0 Å². The minimum absolute atomic E-state index is 0.0455. The summed E-state index contributed by atoms with van der Waals surface area (Å²) >= 11 is 0. The molecular weight excluding hydrogens is 183 g/mol. The number of rotatable bonds is 5. The van der Waals surface area contributed by atoms with Crippen LogP contribution in [0.1, 0.15) is 6.92 Å². The van der Waals surface area contributed by atoms with Crippen LogP contribution in [0.4, 0.5) is 13.2 Å². The Balaban J connectivity index is 3.93. The minimum Gasteiger partial charge on any atom is -0.395 e. The lowest BCUT2D eigenvalue weighted by molar-refractivity contribution is -0.145. The average Bonchev–Trinajstić information content (AvgIpc) is 1.98. The van der Waals surface area contributed by atoms with Gasteiger partial charge in [-0.1, -0.05) is 12.2 Å². The van der Waals surface area contributed by atoms with E-state index in [0.717, 1.165) is 4.90 Å². The molecule has 0 saturated carbocycles. The van der Waals surface area contributed by atoms with Crippen molar-refractivity contribution < 1.29 is 18.3 Å². The molecule has 0 aliphatic heterocycles. The van der Waals surface area contributed by atoms with Crippen LogP contribution in [-0.4, -0.2) is 42.4 Å². The Morgan fingerprint density at radius 3 is 2.38 bits per heavy atom. The van der Waals surface area contributed by atoms with Crippen molar-refractivity contribution in [2.75, 3.05) is 26.2 Å². The highest BCUT2D eigenvalue weighted by Gasteiger charge is 2.29. The van der Waals surface area contributed by atoms with E-state index in [4.69, 9.17) is 5.11 Å². The summed E-state index contributed by atoms with van der Waals surface area (Å²) in [6, 6.07) is 0. The number of hydrogen-bond acceptors (Lipinski definition) is 2. The zero-order valence-corrected chi connectivity index (χ0v) is 7.51. The lowest BCUT2D eigenvalue weighted by atomic mass is 10.4. The fourth-order valence-corrected chi connectivity index (χ4v) is 0.884. The molecule has 0 bridgehead atoms. The predicted molar refractivity (Wildman–Crippen MR) is 44.4 cm³/mol. The molecule has 13 heavy (non-hydrogen) atoms. The summed E-state index contributed by atoms with van der Waals surface area (Å²) in [5, 5.41) is 8.50. The Labute approximate surface area is 75.7 Å². The van der Waals surface area contributed by atoms with Gasteiger partial charge < -0.3 is 5.11 Å². The highest BCUT2D eigenvalue weighted by Crippen LogP contribution is 2.15. The van der Waals surface area contributed by atoms with E-state index in [1.807, 2.05) is 0 Å². The summed E-state index contributed by atoms with van der Waals surface area (Å²) in [5.41, 5.74) is 0. The molecule has 0 aliphatic rings. The third-order valence-electron chi connectivity index (χ3n) is 1.42. The third-order valence-corrected chi connectivity index (χ3v) is 1.42. The van der Waals surface area contributed by atoms with Gasteiger partial charge in [-0.15, -0.1) is 0 Å². The maximum Gasteiger partial charge on any atom is 0.401 e. The van der Waals surface area contributed by atoms with Gasteiger partial charge in [-0.05, 0) is 6.92 Å². The van der Waals surface area contributed by atoms with Gasteiger partial charge in [0.25, 0.3) is 0 Å². The second-order valence-electron chi connectivity index (χ2n) is 2.64. The number of alkyl halides is 3. The molecule has 0 aliphatic carbocycles. The van der Waals surface area contributed by atoms with Crippen molar-refractivity contribution in [3.8, 4) is 0 Å². The van der Waals surface area contributed by atoms with E-state index in [9.17, 15) is 13.2 Å². The highest BCUT2D eigenvalue weighted by molar-refractivity contribution is 4.81. The molecule has 1 N–H and O–H groups in total. The number of allylic oxidation sites excluding steroid dienone is 1. The predicted octanol–water partition coefficient (Wildman–Crippen LogP) is 1.42. The lowest BCUT2D eigenvalue weighted by Crippen LogP contribution is -2.36. The summed E-state index contributed by atoms with van der Waals surface area (Å²) in [7, 11) is 0. The molecule has 78 valence electrons. The van der Waals surface area contributed by atoms with Crippen LogP contribution in [0.5, 0.6) is 0 Å². The Bertz CT molecular complexity index is 156. The molecule has 0 unspecified atom stereocenters. The largest absolute Gasteiger partial charge is 0.401 e. The number of aliphatic hydroxyl groups excluding tert-OH is 1. The van der Waals surface area contributed by atoms with Gasteiger partial charge >= 0.3 is 6.18 Å². The van der Waals surface area contributed by atoms with Crippen LogP contribution in [0.25, 0.3) is 0 Å². The molecule has 0 spiro atoms. The first kappa shape index (κ1) is 12.4. The summed E-state index contributed by atoms with van der Waals surface area (Å²) in [6.07, 6.45) is -0.890. The molecule has 2 nitrogen and oxygen atoms in total. The summed E-state index contributed by atoms with van der Waals surface area (Å²) in [5.74, 6) is 0. The first-order chi connectivity index (χ1) is 5.99. The van der Waals surface area contributed by atoms with Crippen LogP contribution in [0.2, 0.25) is 0 Å². The van der Waals surface area contributed by atoms with Gasteiger partial charge in [0.2, 0.25) is 0 Å². The molecule has 0 aromatic heterocycles. The number of hydrogen-bond donors (Lipinski definition) is 1. The molecule has 0 heterocycles. The Morgan fingerprint density at radius 1 is 1.38 bits per heavy atom. The maximum atomic E-state index is 11.9. The Hall–Kier alpha value is -0.550. The molecule has 0 aromatic rings. The second kappa shape index (κ2) is 5.99. The van der Waals surface area contributed by atoms with Crippen molar-refractivity contribution in [2.24, 2.45) is 0 Å². The zero-order chi connectivity index (χ0) is 10.3. The molecule has 0 atom stereocenters. The van der Waals surface area contributed by atoms with E-state index in [1.165, 1.54) is 0 Å². The van der Waals surface area contributed by atoms with Gasteiger partial charge in [0.1, 0.15) is 0 Å². The summed E-state index contributed by atoms with van der Waals surface area (Å²) < 4.78 is 35.7. The Morgan fingerprint density at radius 2 is 2.00 bits per heavy atom. The van der Waals surface area contributed by atoms with E-state index in [-0.39, 0.29) is 19.7 Å². The van der Waals surface area contributed by atoms with E-state index < -0.39 is 12.7 Å². The first-order valence-corrected chi connectivity index (χ1v) is 4.00. The quantitative estimate of drug-likeness (QED) is 0.674. The van der Waals surface area contributed by atoms with Crippen LogP contribution >= 0.6 is 0 Å². The fourth-order valence-electron chi connectivity index (χ4n) is 0.884. The van der Waals surface area contributed by atoms with Gasteiger partial charge in [0.05, 0.1) is 13.2 Å². The van der Waals surface area contributed by atoms with Gasteiger partial charge in [-0.25, -0.2) is 0 Å². The van der Waals surface area contributed by atoms with Gasteiger partial charge in [0.15, 0.2) is 0 Å². The van der Waals surface area contributed by atoms with E-state index in [1.54, 1.807) is 19.1 Å². The van der Waals surface area contributed by atoms with Crippen LogP contribution < -0.4 is 0 Å². The van der Waals surface area contributed by atoms with Gasteiger partial charge in [-0.2, -0.15) is 13.2 Å². The standard InChI is InChI=1S/C8H14F3NO/c1-2-3-4-12(5-6-13)7-8(9,10)11/h2-3,13H,4-7H2,1H3/b3-2+. The van der Waals surface area contributed by atoms with E-state index in [0.29, 0.717) is 0 Å². The topological polar surface area (TPSA) is 23.5 Å². The SMILES string of the molecule is C/C=C/CN(CCO)CC(F)(F)F. The molecule has 0 saturated heterocycles. The normalized spacial score (nSPS) is 13.1. The van der Waals surface area contributed by atoms with E-state index in [2.05, 4.69) is 0 Å². The molecule has 0 aromatic carbocycles. The van der Waals surface area contributed by atoms with Crippen LogP contribution in [0.15, 0.2) is 12.2 Å². The minimum atomic E-state index is -4.20. The molecule has 5 heteroatoms. The number of nitrogens with zero attached hydrogens (tertiary/aromatic N) is 1. The third kappa shape index (κ3) is 7.80. The van der Waals surface area contributed by atoms with Crippen LogP contribution in [-0.2, 0) is 0 Å². The second-order valence-corrected chi connectivity index (χ2v) is 2.64. The molecule has 0 fully saturated rings. The summed E-state index contributed by atoms with van der Waals surface area (Å²) in [4.78, 5) is 1.14. The molecule has 0 rings (SSSR count). The Kier molecular flexibility index (Phi) is 5.73.